The molecule has 0 amide bonds. The van der Waals surface area contributed by atoms with Crippen molar-refractivity contribution in [2.24, 2.45) is 0 Å². The van der Waals surface area contributed by atoms with E-state index in [9.17, 15) is 8.42 Å². The molecule has 2 aromatic rings. The second-order valence-electron chi connectivity index (χ2n) is 4.77. The van der Waals surface area contributed by atoms with E-state index < -0.39 is 9.05 Å². The summed E-state index contributed by atoms with van der Waals surface area (Å²) in [5.74, 6) is 1.01. The molecule has 21 heavy (non-hydrogen) atoms. The molecule has 114 valence electrons. The van der Waals surface area contributed by atoms with Gasteiger partial charge in [-0.2, -0.15) is 0 Å². The molecule has 0 aliphatic rings. The third kappa shape index (κ3) is 3.57. The van der Waals surface area contributed by atoms with Crippen molar-refractivity contribution >= 4 is 19.7 Å². The summed E-state index contributed by atoms with van der Waals surface area (Å²) in [5.41, 5.74) is 1.54. The van der Waals surface area contributed by atoms with Crippen LogP contribution < -0.4 is 4.74 Å². The maximum atomic E-state index is 11.7. The van der Waals surface area contributed by atoms with Crippen LogP contribution in [-0.4, -0.2) is 18.0 Å². The quantitative estimate of drug-likeness (QED) is 0.791. The summed E-state index contributed by atoms with van der Waals surface area (Å²) in [5, 5.41) is 0. The fourth-order valence-electron chi connectivity index (χ4n) is 2.19. The Labute approximate surface area is 128 Å². The zero-order valence-corrected chi connectivity index (χ0v) is 13.7. The van der Waals surface area contributed by atoms with Gasteiger partial charge in [0.05, 0.1) is 0 Å². The Morgan fingerprint density at radius 2 is 2.05 bits per heavy atom. The summed E-state index contributed by atoms with van der Waals surface area (Å²) in [4.78, 5) is 4.19. The Bertz CT molecular complexity index is 754. The molecule has 5 nitrogen and oxygen atoms in total. The summed E-state index contributed by atoms with van der Waals surface area (Å²) < 4.78 is 31.0. The molecule has 0 radical (unpaired) electrons. The number of halogens is 1. The second-order valence-corrected chi connectivity index (χ2v) is 7.30. The Kier molecular flexibility index (Phi) is 4.58. The average Bonchev–Trinajstić information content (AvgIpc) is 2.83. The maximum Gasteiger partial charge on any atom is 0.265 e. The van der Waals surface area contributed by atoms with Gasteiger partial charge in [-0.15, -0.1) is 0 Å². The normalized spacial score (nSPS) is 11.6. The molecule has 0 aliphatic carbocycles. The Hall–Kier alpha value is -1.53. The SMILES string of the molecule is CCn1ccnc1COc1c(C)cc(C)cc1S(=O)(=O)Cl. The smallest absolute Gasteiger partial charge is 0.265 e. The highest BCUT2D eigenvalue weighted by Crippen LogP contribution is 2.32. The van der Waals surface area contributed by atoms with Gasteiger partial charge in [-0.25, -0.2) is 13.4 Å². The van der Waals surface area contributed by atoms with Gasteiger partial charge in [0.25, 0.3) is 9.05 Å². The number of ether oxygens (including phenoxy) is 1. The van der Waals surface area contributed by atoms with Crippen LogP contribution in [0.4, 0.5) is 0 Å². The third-order valence-corrected chi connectivity index (χ3v) is 4.46. The number of imidazole rings is 1. The highest BCUT2D eigenvalue weighted by Gasteiger charge is 2.20. The predicted molar refractivity (Wildman–Crippen MR) is 81.2 cm³/mol. The van der Waals surface area contributed by atoms with Crippen molar-refractivity contribution < 1.29 is 13.2 Å². The monoisotopic (exact) mass is 328 g/mol. The van der Waals surface area contributed by atoms with E-state index in [1.54, 1.807) is 13.1 Å². The average molecular weight is 329 g/mol. The van der Waals surface area contributed by atoms with E-state index in [1.807, 2.05) is 30.7 Å². The lowest BCUT2D eigenvalue weighted by Crippen LogP contribution is -2.08. The lowest BCUT2D eigenvalue weighted by Gasteiger charge is -2.14. The number of hydrogen-bond acceptors (Lipinski definition) is 4. The largest absolute Gasteiger partial charge is 0.484 e. The number of aromatic nitrogens is 2. The summed E-state index contributed by atoms with van der Waals surface area (Å²) >= 11 is 0. The number of benzene rings is 1. The molecule has 0 fully saturated rings. The molecule has 1 heterocycles. The Morgan fingerprint density at radius 3 is 2.67 bits per heavy atom. The molecule has 0 unspecified atom stereocenters. The van der Waals surface area contributed by atoms with Gasteiger partial charge < -0.3 is 9.30 Å². The third-order valence-electron chi connectivity index (χ3n) is 3.14. The first-order valence-electron chi connectivity index (χ1n) is 6.51. The lowest BCUT2D eigenvalue weighted by molar-refractivity contribution is 0.280. The van der Waals surface area contributed by atoms with Crippen molar-refractivity contribution in [2.45, 2.75) is 38.8 Å². The van der Waals surface area contributed by atoms with Crippen molar-refractivity contribution in [3.63, 3.8) is 0 Å². The fraction of sp³-hybridized carbons (Fsp3) is 0.357. The van der Waals surface area contributed by atoms with Crippen LogP contribution in [0.1, 0.15) is 23.9 Å². The van der Waals surface area contributed by atoms with Gasteiger partial charge >= 0.3 is 0 Å². The molecule has 7 heteroatoms. The van der Waals surface area contributed by atoms with Gasteiger partial charge in [0, 0.05) is 29.6 Å². The minimum atomic E-state index is -3.87. The van der Waals surface area contributed by atoms with Crippen LogP contribution in [0.3, 0.4) is 0 Å². The van der Waals surface area contributed by atoms with E-state index >= 15 is 0 Å². The summed E-state index contributed by atoms with van der Waals surface area (Å²) in [7, 11) is 1.63. The van der Waals surface area contributed by atoms with Crippen molar-refractivity contribution in [3.8, 4) is 5.75 Å². The van der Waals surface area contributed by atoms with Gasteiger partial charge in [0.2, 0.25) is 0 Å². The number of hydrogen-bond donors (Lipinski definition) is 0. The summed E-state index contributed by atoms with van der Waals surface area (Å²) in [6, 6.07) is 3.37. The first-order valence-corrected chi connectivity index (χ1v) is 8.82. The van der Waals surface area contributed by atoms with Gasteiger partial charge in [-0.05, 0) is 38.0 Å². The van der Waals surface area contributed by atoms with E-state index in [-0.39, 0.29) is 17.3 Å². The fourth-order valence-corrected chi connectivity index (χ4v) is 3.30. The van der Waals surface area contributed by atoms with Crippen LogP contribution in [-0.2, 0) is 22.2 Å². The molecular formula is C14H17ClN2O3S. The van der Waals surface area contributed by atoms with Crippen LogP contribution in [0.5, 0.6) is 5.75 Å². The van der Waals surface area contributed by atoms with Crippen molar-refractivity contribution in [1.29, 1.82) is 0 Å². The van der Waals surface area contributed by atoms with Gasteiger partial charge in [0.1, 0.15) is 23.1 Å². The molecule has 1 aromatic heterocycles. The highest BCUT2D eigenvalue weighted by molar-refractivity contribution is 8.13. The molecule has 1 aromatic carbocycles. The molecule has 0 bridgehead atoms. The van der Waals surface area contributed by atoms with Crippen LogP contribution in [0.2, 0.25) is 0 Å². The minimum absolute atomic E-state index is 0.00345. The zero-order valence-electron chi connectivity index (χ0n) is 12.1. The molecule has 0 aliphatic heterocycles. The van der Waals surface area contributed by atoms with E-state index in [2.05, 4.69) is 4.98 Å². The molecule has 0 atom stereocenters. The Morgan fingerprint density at radius 1 is 1.33 bits per heavy atom. The molecule has 0 saturated carbocycles. The van der Waals surface area contributed by atoms with Crippen LogP contribution in [0.15, 0.2) is 29.4 Å². The molecule has 2 rings (SSSR count). The Balaban J connectivity index is 2.36. The van der Waals surface area contributed by atoms with E-state index in [4.69, 9.17) is 15.4 Å². The highest BCUT2D eigenvalue weighted by atomic mass is 35.7. The molecule has 0 saturated heterocycles. The zero-order chi connectivity index (χ0) is 15.6. The van der Waals surface area contributed by atoms with Crippen molar-refractivity contribution in [1.82, 2.24) is 9.55 Å². The summed E-state index contributed by atoms with van der Waals surface area (Å²) in [6.07, 6.45) is 3.53. The van der Waals surface area contributed by atoms with Gasteiger partial charge in [0.15, 0.2) is 0 Å². The first kappa shape index (κ1) is 15.9. The number of aryl methyl sites for hydroxylation is 3. The number of rotatable bonds is 5. The molecule has 0 spiro atoms. The van der Waals surface area contributed by atoms with E-state index in [0.29, 0.717) is 0 Å². The van der Waals surface area contributed by atoms with E-state index in [1.165, 1.54) is 6.07 Å². The maximum absolute atomic E-state index is 11.7. The standard InChI is InChI=1S/C14H17ClN2O3S/c1-4-17-6-5-16-13(17)9-20-14-11(3)7-10(2)8-12(14)21(15,18)19/h5-8H,4,9H2,1-3H3. The number of nitrogens with zero attached hydrogens (tertiary/aromatic N) is 2. The predicted octanol–water partition coefficient (Wildman–Crippen LogP) is 3.03. The van der Waals surface area contributed by atoms with Crippen LogP contribution in [0.25, 0.3) is 0 Å². The van der Waals surface area contributed by atoms with Crippen LogP contribution in [0, 0.1) is 13.8 Å². The molecular weight excluding hydrogens is 312 g/mol. The molecule has 0 N–H and O–H groups in total. The van der Waals surface area contributed by atoms with E-state index in [0.717, 1.165) is 23.5 Å². The van der Waals surface area contributed by atoms with Crippen molar-refractivity contribution in [2.75, 3.05) is 0 Å². The topological polar surface area (TPSA) is 61.2 Å². The lowest BCUT2D eigenvalue weighted by atomic mass is 10.1. The first-order chi connectivity index (χ1) is 9.82. The van der Waals surface area contributed by atoms with Gasteiger partial charge in [-0.3, -0.25) is 0 Å². The second kappa shape index (κ2) is 6.07. The van der Waals surface area contributed by atoms with Crippen LogP contribution >= 0.6 is 10.7 Å². The van der Waals surface area contributed by atoms with Gasteiger partial charge in [-0.1, -0.05) is 6.07 Å². The minimum Gasteiger partial charge on any atom is -0.484 e. The summed E-state index contributed by atoms with van der Waals surface area (Å²) in [6.45, 7) is 6.56. The van der Waals surface area contributed by atoms with Crippen molar-refractivity contribution in [3.05, 3.63) is 41.5 Å².